The molecule has 1 N–H and O–H groups in total. The van der Waals surface area contributed by atoms with Crippen LogP contribution >= 0.6 is 11.3 Å². The van der Waals surface area contributed by atoms with Crippen molar-refractivity contribution in [2.75, 3.05) is 45.9 Å². The van der Waals surface area contributed by atoms with Crippen LogP contribution in [0.15, 0.2) is 17.5 Å². The fourth-order valence-corrected chi connectivity index (χ4v) is 2.47. The molecule has 0 aliphatic carbocycles. The summed E-state index contributed by atoms with van der Waals surface area (Å²) in [4.78, 5) is 3.83. The molecule has 0 spiro atoms. The Morgan fingerprint density at radius 2 is 2.06 bits per heavy atom. The van der Waals surface area contributed by atoms with Gasteiger partial charge in [0.05, 0.1) is 13.2 Å². The Labute approximate surface area is 115 Å². The monoisotopic (exact) mass is 270 g/mol. The van der Waals surface area contributed by atoms with E-state index in [1.54, 1.807) is 11.3 Å². The SMILES string of the molecule is CCN(CC)CCNCCOCCc1cccs1. The van der Waals surface area contributed by atoms with E-state index in [1.165, 1.54) is 4.88 Å². The minimum Gasteiger partial charge on any atom is -0.380 e. The Bertz CT molecular complexity index is 273. The van der Waals surface area contributed by atoms with Crippen LogP contribution in [0, 0.1) is 0 Å². The lowest BCUT2D eigenvalue weighted by Gasteiger charge is -2.17. The van der Waals surface area contributed by atoms with Gasteiger partial charge in [-0.1, -0.05) is 19.9 Å². The van der Waals surface area contributed by atoms with Gasteiger partial charge in [0.15, 0.2) is 0 Å². The zero-order chi connectivity index (χ0) is 13.1. The summed E-state index contributed by atoms with van der Waals surface area (Å²) in [5, 5.41) is 5.53. The lowest BCUT2D eigenvalue weighted by molar-refractivity contribution is 0.138. The van der Waals surface area contributed by atoms with Gasteiger partial charge in [0.25, 0.3) is 0 Å². The van der Waals surface area contributed by atoms with Crippen LogP contribution in [0.5, 0.6) is 0 Å². The lowest BCUT2D eigenvalue weighted by atomic mass is 10.4. The fraction of sp³-hybridized carbons (Fsp3) is 0.714. The van der Waals surface area contributed by atoms with Crippen LogP contribution in [0.1, 0.15) is 18.7 Å². The highest BCUT2D eigenvalue weighted by Gasteiger charge is 1.97. The van der Waals surface area contributed by atoms with Gasteiger partial charge in [0.1, 0.15) is 0 Å². The first-order valence-electron chi connectivity index (χ1n) is 6.90. The normalized spacial score (nSPS) is 11.3. The van der Waals surface area contributed by atoms with Gasteiger partial charge in [-0.25, -0.2) is 0 Å². The van der Waals surface area contributed by atoms with Crippen LogP contribution < -0.4 is 5.32 Å². The molecule has 1 rings (SSSR count). The maximum atomic E-state index is 5.60. The summed E-state index contributed by atoms with van der Waals surface area (Å²) < 4.78 is 5.60. The molecule has 0 aliphatic rings. The second-order valence-electron chi connectivity index (χ2n) is 4.22. The average Bonchev–Trinajstić information content (AvgIpc) is 2.90. The third kappa shape index (κ3) is 7.11. The quantitative estimate of drug-likeness (QED) is 0.624. The minimum absolute atomic E-state index is 0.809. The number of ether oxygens (including phenoxy) is 1. The van der Waals surface area contributed by atoms with Gasteiger partial charge in [0.2, 0.25) is 0 Å². The third-order valence-electron chi connectivity index (χ3n) is 3.00. The smallest absolute Gasteiger partial charge is 0.0591 e. The van der Waals surface area contributed by atoms with Crippen molar-refractivity contribution in [3.05, 3.63) is 22.4 Å². The third-order valence-corrected chi connectivity index (χ3v) is 3.93. The van der Waals surface area contributed by atoms with E-state index in [4.69, 9.17) is 4.74 Å². The second-order valence-corrected chi connectivity index (χ2v) is 5.25. The average molecular weight is 270 g/mol. The molecule has 0 aromatic carbocycles. The summed E-state index contributed by atoms with van der Waals surface area (Å²) in [6.07, 6.45) is 1.04. The summed E-state index contributed by atoms with van der Waals surface area (Å²) in [6, 6.07) is 4.26. The maximum absolute atomic E-state index is 5.60. The van der Waals surface area contributed by atoms with Gasteiger partial charge in [-0.15, -0.1) is 11.3 Å². The van der Waals surface area contributed by atoms with Gasteiger partial charge in [-0.05, 0) is 24.5 Å². The van der Waals surface area contributed by atoms with Crippen molar-refractivity contribution in [3.63, 3.8) is 0 Å². The van der Waals surface area contributed by atoms with Gasteiger partial charge < -0.3 is 15.0 Å². The molecule has 0 saturated heterocycles. The molecule has 0 radical (unpaired) electrons. The van der Waals surface area contributed by atoms with Crippen LogP contribution in [0.2, 0.25) is 0 Å². The number of hydrogen-bond acceptors (Lipinski definition) is 4. The minimum atomic E-state index is 0.809. The molecule has 0 atom stereocenters. The molecule has 0 saturated carbocycles. The van der Waals surface area contributed by atoms with E-state index in [-0.39, 0.29) is 0 Å². The van der Waals surface area contributed by atoms with E-state index in [0.29, 0.717) is 0 Å². The summed E-state index contributed by atoms with van der Waals surface area (Å²) >= 11 is 1.80. The molecule has 1 aromatic heterocycles. The molecule has 104 valence electrons. The molecule has 3 nitrogen and oxygen atoms in total. The van der Waals surface area contributed by atoms with Gasteiger partial charge in [0, 0.05) is 30.9 Å². The predicted molar refractivity (Wildman–Crippen MR) is 79.5 cm³/mol. The molecule has 0 unspecified atom stereocenters. The standard InChI is InChI=1S/C14H26N2OS/c1-3-16(4-2)10-8-15-9-12-17-11-7-14-6-5-13-18-14/h5-6,13,15H,3-4,7-12H2,1-2H3. The fourth-order valence-electron chi connectivity index (χ4n) is 1.78. The highest BCUT2D eigenvalue weighted by Crippen LogP contribution is 2.08. The molecule has 0 bridgehead atoms. The van der Waals surface area contributed by atoms with Crippen LogP contribution in [0.25, 0.3) is 0 Å². The Kier molecular flexibility index (Phi) is 9.12. The van der Waals surface area contributed by atoms with E-state index in [0.717, 1.165) is 52.4 Å². The van der Waals surface area contributed by atoms with Crippen molar-refractivity contribution in [2.45, 2.75) is 20.3 Å². The van der Waals surface area contributed by atoms with Crippen LogP contribution in [-0.4, -0.2) is 50.8 Å². The van der Waals surface area contributed by atoms with E-state index in [2.05, 4.69) is 41.6 Å². The first-order chi connectivity index (χ1) is 8.86. The van der Waals surface area contributed by atoms with Crippen LogP contribution in [-0.2, 0) is 11.2 Å². The second kappa shape index (κ2) is 10.5. The van der Waals surface area contributed by atoms with Gasteiger partial charge in [-0.3, -0.25) is 0 Å². The van der Waals surface area contributed by atoms with Crippen molar-refractivity contribution >= 4 is 11.3 Å². The number of hydrogen-bond donors (Lipinski definition) is 1. The summed E-state index contributed by atoms with van der Waals surface area (Å²) in [5.41, 5.74) is 0. The number of thiophene rings is 1. The molecule has 4 heteroatoms. The van der Waals surface area contributed by atoms with E-state index in [9.17, 15) is 0 Å². The summed E-state index contributed by atoms with van der Waals surface area (Å²) in [6.45, 7) is 11.4. The largest absolute Gasteiger partial charge is 0.380 e. The number of likely N-dealkylation sites (N-methyl/N-ethyl adjacent to an activating group) is 1. The molecular weight excluding hydrogens is 244 g/mol. The van der Waals surface area contributed by atoms with Crippen molar-refractivity contribution in [3.8, 4) is 0 Å². The van der Waals surface area contributed by atoms with Crippen molar-refractivity contribution in [2.24, 2.45) is 0 Å². The number of rotatable bonds is 11. The summed E-state index contributed by atoms with van der Waals surface area (Å²) in [7, 11) is 0. The zero-order valence-corrected chi connectivity index (χ0v) is 12.5. The van der Waals surface area contributed by atoms with Crippen molar-refractivity contribution in [1.29, 1.82) is 0 Å². The molecule has 0 amide bonds. The van der Waals surface area contributed by atoms with E-state index >= 15 is 0 Å². The highest BCUT2D eigenvalue weighted by atomic mass is 32.1. The highest BCUT2D eigenvalue weighted by molar-refractivity contribution is 7.09. The lowest BCUT2D eigenvalue weighted by Crippen LogP contribution is -2.33. The predicted octanol–water partition coefficient (Wildman–Crippen LogP) is 2.24. The Hall–Kier alpha value is -0.420. The topological polar surface area (TPSA) is 24.5 Å². The van der Waals surface area contributed by atoms with Crippen molar-refractivity contribution in [1.82, 2.24) is 10.2 Å². The van der Waals surface area contributed by atoms with Gasteiger partial charge in [-0.2, -0.15) is 0 Å². The summed E-state index contributed by atoms with van der Waals surface area (Å²) in [5.74, 6) is 0. The van der Waals surface area contributed by atoms with Gasteiger partial charge >= 0.3 is 0 Å². The van der Waals surface area contributed by atoms with E-state index < -0.39 is 0 Å². The Balaban J connectivity index is 1.84. The molecule has 1 aromatic rings. The van der Waals surface area contributed by atoms with Crippen LogP contribution in [0.4, 0.5) is 0 Å². The first-order valence-corrected chi connectivity index (χ1v) is 7.78. The van der Waals surface area contributed by atoms with E-state index in [1.807, 2.05) is 0 Å². The number of nitrogens with zero attached hydrogens (tertiary/aromatic N) is 1. The molecular formula is C14H26N2OS. The molecule has 0 aliphatic heterocycles. The molecule has 18 heavy (non-hydrogen) atoms. The zero-order valence-electron chi connectivity index (χ0n) is 11.7. The number of nitrogens with one attached hydrogen (secondary N) is 1. The Morgan fingerprint density at radius 3 is 2.72 bits per heavy atom. The maximum Gasteiger partial charge on any atom is 0.0591 e. The van der Waals surface area contributed by atoms with Crippen molar-refractivity contribution < 1.29 is 4.74 Å². The van der Waals surface area contributed by atoms with Crippen LogP contribution in [0.3, 0.4) is 0 Å². The first kappa shape index (κ1) is 15.6. The Morgan fingerprint density at radius 1 is 1.22 bits per heavy atom. The molecule has 0 fully saturated rings. The molecule has 1 heterocycles.